The largest absolute Gasteiger partial charge is 0.508 e. The molecule has 0 saturated carbocycles. The zero-order valence-corrected chi connectivity index (χ0v) is 25.2. The van der Waals surface area contributed by atoms with Crippen LogP contribution >= 0.6 is 0 Å². The van der Waals surface area contributed by atoms with E-state index in [1.807, 2.05) is 0 Å². The Kier molecular flexibility index (Phi) is 10.2. The number of aromatic hydroxyl groups is 4. The molecule has 1 aromatic heterocycles. The Balaban J connectivity index is 1.60. The third-order valence-electron chi connectivity index (χ3n) is 7.84. The number of rotatable bonds is 9. The molecule has 0 aliphatic carbocycles. The minimum absolute atomic E-state index is 0.114. The van der Waals surface area contributed by atoms with Gasteiger partial charge in [0, 0.05) is 17.7 Å². The number of aliphatic hydroxyl groups is 5. The quantitative estimate of drug-likeness (QED) is 0.0680. The highest BCUT2D eigenvalue weighted by Crippen LogP contribution is 2.40. The summed E-state index contributed by atoms with van der Waals surface area (Å²) in [7, 11) is 0. The fraction of sp³-hybridized carbons (Fsp3) is 0.433. The van der Waals surface area contributed by atoms with Gasteiger partial charge < -0.3 is 79.2 Å². The van der Waals surface area contributed by atoms with Crippen LogP contribution in [-0.4, -0.2) is 131 Å². The molecule has 2 aromatic carbocycles. The van der Waals surface area contributed by atoms with Crippen LogP contribution in [0.1, 0.15) is 13.3 Å². The summed E-state index contributed by atoms with van der Waals surface area (Å²) in [4.78, 5) is 36.7. The number of carboxylic acid groups (broad SMARTS) is 1. The van der Waals surface area contributed by atoms with Gasteiger partial charge in [-0.3, -0.25) is 14.4 Å². The molecule has 49 heavy (non-hydrogen) atoms. The van der Waals surface area contributed by atoms with Gasteiger partial charge >= 0.3 is 11.9 Å². The maximum atomic E-state index is 13.9. The second-order valence-electron chi connectivity index (χ2n) is 11.3. The highest BCUT2D eigenvalue weighted by atomic mass is 16.8. The SMILES string of the molecule is C[C@@H]1O[C@H](O[C@H]2[C@@H](Oc3c(-c4ccc(O)c(O)c4)oc4cc(O)cc(O)c4c3=O)O[C@H](COC(=O)CC(=O)O)[C@H](O)[C@H]2O)[C@H](O)[C@H](O)[C@H]1O. The van der Waals surface area contributed by atoms with Crippen molar-refractivity contribution in [3.63, 3.8) is 0 Å². The number of aliphatic hydroxyl groups excluding tert-OH is 5. The monoisotopic (exact) mass is 696 g/mol. The third kappa shape index (κ3) is 7.19. The van der Waals surface area contributed by atoms with Crippen molar-refractivity contribution in [2.45, 2.75) is 74.8 Å². The third-order valence-corrected chi connectivity index (χ3v) is 7.84. The summed E-state index contributed by atoms with van der Waals surface area (Å²) in [5.41, 5.74) is -1.60. The maximum absolute atomic E-state index is 13.9. The lowest BCUT2D eigenvalue weighted by Gasteiger charge is -2.45. The molecule has 0 spiro atoms. The molecule has 2 fully saturated rings. The van der Waals surface area contributed by atoms with Gasteiger partial charge in [0.15, 0.2) is 29.7 Å². The number of carbonyl (C=O) groups is 2. The molecule has 0 bridgehead atoms. The van der Waals surface area contributed by atoms with E-state index in [9.17, 15) is 60.3 Å². The van der Waals surface area contributed by atoms with Gasteiger partial charge in [0.05, 0.1) is 6.10 Å². The minimum Gasteiger partial charge on any atom is -0.508 e. The Morgan fingerprint density at radius 3 is 2.20 bits per heavy atom. The lowest BCUT2D eigenvalue weighted by atomic mass is 9.97. The molecule has 0 radical (unpaired) electrons. The van der Waals surface area contributed by atoms with Crippen molar-refractivity contribution in [2.75, 3.05) is 6.61 Å². The molecule has 0 unspecified atom stereocenters. The number of ether oxygens (including phenoxy) is 5. The first-order chi connectivity index (χ1) is 23.1. The highest BCUT2D eigenvalue weighted by Gasteiger charge is 2.51. The molecule has 3 aromatic rings. The highest BCUT2D eigenvalue weighted by molar-refractivity contribution is 5.90. The van der Waals surface area contributed by atoms with Crippen molar-refractivity contribution in [1.82, 2.24) is 0 Å². The molecule has 2 aliphatic rings. The number of hydrogen-bond acceptors (Lipinski definition) is 18. The number of carbonyl (C=O) groups excluding carboxylic acids is 1. The molecule has 2 aliphatic heterocycles. The number of hydrogen-bond donors (Lipinski definition) is 10. The molecular weight excluding hydrogens is 664 g/mol. The van der Waals surface area contributed by atoms with E-state index < -0.39 is 132 Å². The summed E-state index contributed by atoms with van der Waals surface area (Å²) in [5.74, 6) is -6.54. The van der Waals surface area contributed by atoms with Crippen LogP contribution in [0.2, 0.25) is 0 Å². The number of benzene rings is 2. The van der Waals surface area contributed by atoms with Gasteiger partial charge in [0.25, 0.3) is 0 Å². The van der Waals surface area contributed by atoms with Crippen LogP contribution in [0.4, 0.5) is 0 Å². The van der Waals surface area contributed by atoms with E-state index in [2.05, 4.69) is 0 Å². The van der Waals surface area contributed by atoms with Crippen molar-refractivity contribution < 1.29 is 88.8 Å². The summed E-state index contributed by atoms with van der Waals surface area (Å²) in [6.45, 7) is 0.477. The van der Waals surface area contributed by atoms with Gasteiger partial charge in [-0.15, -0.1) is 0 Å². The van der Waals surface area contributed by atoms with Crippen molar-refractivity contribution in [3.8, 4) is 40.1 Å². The Labute approximate surface area is 273 Å². The summed E-state index contributed by atoms with van der Waals surface area (Å²) in [6, 6.07) is 4.99. The van der Waals surface area contributed by atoms with Crippen molar-refractivity contribution in [1.29, 1.82) is 0 Å². The van der Waals surface area contributed by atoms with Crippen molar-refractivity contribution in [2.24, 2.45) is 0 Å². The molecule has 266 valence electrons. The van der Waals surface area contributed by atoms with E-state index in [1.54, 1.807) is 0 Å². The van der Waals surface area contributed by atoms with Crippen LogP contribution in [0.5, 0.6) is 28.7 Å². The number of phenolic OH excluding ortho intramolecular Hbond substituents is 4. The fourth-order valence-electron chi connectivity index (χ4n) is 5.26. The number of phenols is 4. The van der Waals surface area contributed by atoms with E-state index in [-0.39, 0.29) is 11.1 Å². The molecule has 19 heteroatoms. The Bertz CT molecular complexity index is 1770. The average Bonchev–Trinajstić information content (AvgIpc) is 3.03. The van der Waals surface area contributed by atoms with Crippen LogP contribution in [0, 0.1) is 0 Å². The zero-order chi connectivity index (χ0) is 35.9. The van der Waals surface area contributed by atoms with Gasteiger partial charge in [-0.2, -0.15) is 0 Å². The molecular formula is C30H32O19. The first-order valence-electron chi connectivity index (χ1n) is 14.5. The van der Waals surface area contributed by atoms with E-state index in [0.717, 1.165) is 24.3 Å². The predicted molar refractivity (Wildman–Crippen MR) is 156 cm³/mol. The van der Waals surface area contributed by atoms with Gasteiger partial charge in [0.1, 0.15) is 72.1 Å². The summed E-state index contributed by atoms with van der Waals surface area (Å²) in [5, 5.41) is 102. The molecule has 3 heterocycles. The number of esters is 1. The van der Waals surface area contributed by atoms with Crippen molar-refractivity contribution in [3.05, 3.63) is 40.6 Å². The summed E-state index contributed by atoms with van der Waals surface area (Å²) < 4.78 is 33.4. The second kappa shape index (κ2) is 14.0. The van der Waals surface area contributed by atoms with Crippen LogP contribution in [0.3, 0.4) is 0 Å². The summed E-state index contributed by atoms with van der Waals surface area (Å²) >= 11 is 0. The lowest BCUT2D eigenvalue weighted by Crippen LogP contribution is -2.64. The van der Waals surface area contributed by atoms with Gasteiger partial charge in [-0.1, -0.05) is 0 Å². The van der Waals surface area contributed by atoms with Crippen LogP contribution in [0.25, 0.3) is 22.3 Å². The number of aliphatic carboxylic acids is 1. The van der Waals surface area contributed by atoms with E-state index >= 15 is 0 Å². The number of fused-ring (bicyclic) bond motifs is 1. The molecule has 10 N–H and O–H groups in total. The Morgan fingerprint density at radius 2 is 1.53 bits per heavy atom. The van der Waals surface area contributed by atoms with E-state index in [0.29, 0.717) is 0 Å². The topological polar surface area (TPSA) is 313 Å². The van der Waals surface area contributed by atoms with Crippen LogP contribution in [-0.2, 0) is 28.5 Å². The van der Waals surface area contributed by atoms with Crippen LogP contribution < -0.4 is 10.2 Å². The molecule has 2 saturated heterocycles. The second-order valence-corrected chi connectivity index (χ2v) is 11.3. The maximum Gasteiger partial charge on any atom is 0.317 e. The fourth-order valence-corrected chi connectivity index (χ4v) is 5.26. The first kappa shape index (κ1) is 35.6. The predicted octanol–water partition coefficient (Wildman–Crippen LogP) is -1.66. The minimum atomic E-state index is -2.07. The van der Waals surface area contributed by atoms with Crippen molar-refractivity contribution >= 4 is 22.9 Å². The van der Waals surface area contributed by atoms with E-state index in [1.165, 1.54) is 13.0 Å². The first-order valence-corrected chi connectivity index (χ1v) is 14.5. The molecule has 5 rings (SSSR count). The molecule has 10 atom stereocenters. The van der Waals surface area contributed by atoms with E-state index in [4.69, 9.17) is 33.2 Å². The van der Waals surface area contributed by atoms with Crippen LogP contribution in [0.15, 0.2) is 39.5 Å². The van der Waals surface area contributed by atoms with Gasteiger partial charge in [-0.05, 0) is 25.1 Å². The molecule has 19 nitrogen and oxygen atoms in total. The van der Waals surface area contributed by atoms with Gasteiger partial charge in [-0.25, -0.2) is 0 Å². The Morgan fingerprint density at radius 1 is 0.816 bits per heavy atom. The summed E-state index contributed by atoms with van der Waals surface area (Å²) in [6.07, 6.45) is -19.0. The average molecular weight is 697 g/mol. The standard InChI is InChI=1S/C30H32O19/c1-9-20(38)23(41)25(43)29(45-9)49-28-24(42)21(39)16(8-44-18(37)7-17(35)36)47-30(28)48-27-22(40)19-14(34)5-11(31)6-15(19)46-26(27)10-2-3-12(32)13(33)4-10/h2-6,9,16,20-21,23-25,28-34,38-39,41-43H,7-8H2,1H3,(H,35,36)/t9-,16+,20-,21-,23+,24+,25+,28+,29+,30+/m0/s1. The number of carboxylic acids is 1. The normalized spacial score (nSPS) is 30.2. The Hall–Kier alpha value is -4.73. The molecule has 0 amide bonds. The lowest BCUT2D eigenvalue weighted by molar-refractivity contribution is -0.354. The smallest absolute Gasteiger partial charge is 0.317 e. The van der Waals surface area contributed by atoms with Gasteiger partial charge in [0.2, 0.25) is 17.5 Å². The zero-order valence-electron chi connectivity index (χ0n) is 25.2.